The Morgan fingerprint density at radius 2 is 1.74 bits per heavy atom. The summed E-state index contributed by atoms with van der Waals surface area (Å²) in [6.45, 7) is 0. The van der Waals surface area contributed by atoms with Crippen LogP contribution in [0, 0.1) is 5.92 Å². The van der Waals surface area contributed by atoms with Gasteiger partial charge in [0, 0.05) is 6.42 Å². The second-order valence-electron chi connectivity index (χ2n) is 5.14. The van der Waals surface area contributed by atoms with Gasteiger partial charge in [0.1, 0.15) is 17.4 Å². The molecule has 1 aromatic rings. The molecular weight excluding hydrogens is 325 g/mol. The average Bonchev–Trinajstić information content (AvgIpc) is 2.39. The molecule has 0 bridgehead atoms. The predicted octanol–water partition coefficient (Wildman–Crippen LogP) is 0.777. The normalized spacial score (nSPS) is 20.6. The van der Waals surface area contributed by atoms with Crippen LogP contribution < -0.4 is 0 Å². The van der Waals surface area contributed by atoms with Gasteiger partial charge in [-0.05, 0) is 29.8 Å². The summed E-state index contributed by atoms with van der Waals surface area (Å²) in [5.41, 5.74) is 0.0906. The van der Waals surface area contributed by atoms with E-state index < -0.39 is 25.2 Å². The molecule has 1 aliphatic carbocycles. The summed E-state index contributed by atoms with van der Waals surface area (Å²) in [4.78, 5) is 17.9. The standard InChI is InChI=1S/C14H16NO7P/c16-10-6-4-9(5-7-10)8-14(18,19)13-11(15-23(20,21)22)2-1-3-12(13)17/h1-7,13,16-19H,8H2,(H2,20,21,22). The second-order valence-corrected chi connectivity index (χ2v) is 6.37. The molecule has 0 saturated heterocycles. The maximum absolute atomic E-state index is 11.1. The maximum Gasteiger partial charge on any atom is 0.448 e. The third-order valence-corrected chi connectivity index (χ3v) is 3.73. The van der Waals surface area contributed by atoms with Crippen LogP contribution in [0.1, 0.15) is 5.56 Å². The van der Waals surface area contributed by atoms with Crippen molar-refractivity contribution in [3.05, 3.63) is 53.8 Å². The van der Waals surface area contributed by atoms with E-state index in [-0.39, 0.29) is 17.9 Å². The second kappa shape index (κ2) is 6.27. The number of phenolic OH excluding ortho intramolecular Hbond substituents is 1. The molecule has 6 N–H and O–H groups in total. The average molecular weight is 341 g/mol. The van der Waals surface area contributed by atoms with Crippen molar-refractivity contribution in [2.75, 3.05) is 0 Å². The zero-order valence-electron chi connectivity index (χ0n) is 11.8. The third kappa shape index (κ3) is 4.51. The Kier molecular flexibility index (Phi) is 4.74. The van der Waals surface area contributed by atoms with Crippen molar-refractivity contribution in [3.63, 3.8) is 0 Å². The van der Waals surface area contributed by atoms with E-state index in [2.05, 4.69) is 4.76 Å². The molecule has 1 unspecified atom stereocenters. The first-order valence-corrected chi connectivity index (χ1v) is 8.10. The van der Waals surface area contributed by atoms with Gasteiger partial charge in [-0.3, -0.25) is 0 Å². The zero-order chi connectivity index (χ0) is 17.3. The van der Waals surface area contributed by atoms with Gasteiger partial charge in [0.15, 0.2) is 5.79 Å². The van der Waals surface area contributed by atoms with Crippen molar-refractivity contribution in [2.45, 2.75) is 12.2 Å². The number of aliphatic hydroxyl groups is 3. The highest BCUT2D eigenvalue weighted by molar-refractivity contribution is 7.50. The number of aromatic hydroxyl groups is 1. The van der Waals surface area contributed by atoms with Crippen LogP contribution in [0.25, 0.3) is 0 Å². The number of benzene rings is 1. The number of nitrogens with zero attached hydrogens (tertiary/aromatic N) is 1. The lowest BCUT2D eigenvalue weighted by atomic mass is 9.84. The van der Waals surface area contributed by atoms with Crippen LogP contribution >= 0.6 is 7.75 Å². The number of hydrogen-bond donors (Lipinski definition) is 6. The zero-order valence-corrected chi connectivity index (χ0v) is 12.7. The summed E-state index contributed by atoms with van der Waals surface area (Å²) in [6, 6.07) is 5.62. The number of allylic oxidation sites excluding steroid dienone is 3. The van der Waals surface area contributed by atoms with Crippen LogP contribution in [-0.2, 0) is 11.0 Å². The van der Waals surface area contributed by atoms with E-state index in [1.165, 1.54) is 42.5 Å². The predicted molar refractivity (Wildman–Crippen MR) is 81.8 cm³/mol. The first kappa shape index (κ1) is 17.4. The highest BCUT2D eigenvalue weighted by Gasteiger charge is 2.42. The van der Waals surface area contributed by atoms with Crippen LogP contribution in [0.2, 0.25) is 0 Å². The molecule has 124 valence electrons. The van der Waals surface area contributed by atoms with E-state index in [4.69, 9.17) is 9.79 Å². The van der Waals surface area contributed by atoms with Gasteiger partial charge in [0.05, 0.1) is 5.71 Å². The molecule has 0 fully saturated rings. The van der Waals surface area contributed by atoms with E-state index in [0.717, 1.165) is 0 Å². The van der Waals surface area contributed by atoms with Crippen molar-refractivity contribution < 1.29 is 34.8 Å². The highest BCUT2D eigenvalue weighted by atomic mass is 31.2. The molecule has 8 nitrogen and oxygen atoms in total. The Morgan fingerprint density at radius 3 is 2.30 bits per heavy atom. The first-order valence-electron chi connectivity index (χ1n) is 6.54. The Bertz CT molecular complexity index is 715. The minimum Gasteiger partial charge on any atom is -0.511 e. The molecule has 0 radical (unpaired) electrons. The largest absolute Gasteiger partial charge is 0.511 e. The number of rotatable bonds is 4. The van der Waals surface area contributed by atoms with Crippen molar-refractivity contribution in [1.82, 2.24) is 0 Å². The lowest BCUT2D eigenvalue weighted by molar-refractivity contribution is -0.179. The number of phenols is 1. The van der Waals surface area contributed by atoms with Crippen LogP contribution in [0.3, 0.4) is 0 Å². The third-order valence-electron chi connectivity index (χ3n) is 3.23. The van der Waals surface area contributed by atoms with Crippen molar-refractivity contribution in [2.24, 2.45) is 10.7 Å². The van der Waals surface area contributed by atoms with Gasteiger partial charge in [-0.25, -0.2) is 4.57 Å². The van der Waals surface area contributed by atoms with E-state index in [1.54, 1.807) is 0 Å². The summed E-state index contributed by atoms with van der Waals surface area (Å²) in [5.74, 6) is -4.55. The molecule has 2 rings (SSSR count). The van der Waals surface area contributed by atoms with Crippen molar-refractivity contribution >= 4 is 13.5 Å². The summed E-state index contributed by atoms with van der Waals surface area (Å²) in [5, 5.41) is 39.8. The molecule has 1 atom stereocenters. The van der Waals surface area contributed by atoms with Gasteiger partial charge in [0.25, 0.3) is 0 Å². The molecule has 0 aromatic heterocycles. The van der Waals surface area contributed by atoms with Gasteiger partial charge < -0.3 is 30.2 Å². The lowest BCUT2D eigenvalue weighted by Crippen LogP contribution is -2.45. The molecular formula is C14H16NO7P. The van der Waals surface area contributed by atoms with E-state index in [0.29, 0.717) is 5.56 Å². The molecule has 9 heteroatoms. The van der Waals surface area contributed by atoms with Gasteiger partial charge in [-0.15, -0.1) is 0 Å². The fourth-order valence-corrected chi connectivity index (χ4v) is 2.80. The van der Waals surface area contributed by atoms with Gasteiger partial charge in [-0.1, -0.05) is 18.2 Å². The summed E-state index contributed by atoms with van der Waals surface area (Å²) in [6.07, 6.45) is 3.30. The first-order chi connectivity index (χ1) is 10.6. The molecule has 1 aromatic carbocycles. The van der Waals surface area contributed by atoms with E-state index in [9.17, 15) is 25.0 Å². The minimum absolute atomic E-state index is 0.00215. The fourth-order valence-electron chi connectivity index (χ4n) is 2.32. The van der Waals surface area contributed by atoms with Gasteiger partial charge in [-0.2, -0.15) is 4.76 Å². The maximum atomic E-state index is 11.1. The quantitative estimate of drug-likeness (QED) is 0.350. The Labute approximate surface area is 131 Å². The number of aliphatic hydroxyl groups excluding tert-OH is 1. The summed E-state index contributed by atoms with van der Waals surface area (Å²) < 4.78 is 14.2. The SMILES string of the molecule is O=P(O)(O)N=C1C=CC=C(O)C1C(O)(O)Cc1ccc(O)cc1. The fraction of sp³-hybridized carbons (Fsp3) is 0.214. The molecule has 0 spiro atoms. The van der Waals surface area contributed by atoms with E-state index >= 15 is 0 Å². The molecule has 0 amide bonds. The lowest BCUT2D eigenvalue weighted by Gasteiger charge is -2.32. The van der Waals surface area contributed by atoms with E-state index in [1.807, 2.05) is 0 Å². The molecule has 1 aliphatic rings. The molecule has 23 heavy (non-hydrogen) atoms. The molecule has 0 aliphatic heterocycles. The smallest absolute Gasteiger partial charge is 0.448 e. The Hall–Kier alpha value is -1.96. The number of hydrogen-bond acceptors (Lipinski definition) is 5. The van der Waals surface area contributed by atoms with Crippen LogP contribution in [0.4, 0.5) is 0 Å². The van der Waals surface area contributed by atoms with Crippen molar-refractivity contribution in [3.8, 4) is 5.75 Å². The summed E-state index contributed by atoms with van der Waals surface area (Å²) in [7, 11) is -4.81. The van der Waals surface area contributed by atoms with Crippen LogP contribution in [0.5, 0.6) is 5.75 Å². The molecule has 0 saturated carbocycles. The topological polar surface area (TPSA) is 151 Å². The van der Waals surface area contributed by atoms with Crippen LogP contribution in [0.15, 0.2) is 53.0 Å². The van der Waals surface area contributed by atoms with Gasteiger partial charge >= 0.3 is 7.75 Å². The minimum atomic E-state index is -4.81. The molecule has 0 heterocycles. The Balaban J connectivity index is 2.36. The van der Waals surface area contributed by atoms with Crippen LogP contribution in [-0.4, -0.2) is 41.7 Å². The summed E-state index contributed by atoms with van der Waals surface area (Å²) >= 11 is 0. The Morgan fingerprint density at radius 1 is 1.13 bits per heavy atom. The highest BCUT2D eigenvalue weighted by Crippen LogP contribution is 2.40. The monoisotopic (exact) mass is 341 g/mol. The van der Waals surface area contributed by atoms with Crippen molar-refractivity contribution in [1.29, 1.82) is 0 Å². The van der Waals surface area contributed by atoms with Gasteiger partial charge in [0.2, 0.25) is 0 Å².